The van der Waals surface area contributed by atoms with Crippen molar-refractivity contribution in [2.75, 3.05) is 31.6 Å². The lowest BCUT2D eigenvalue weighted by molar-refractivity contribution is 0.000426. The van der Waals surface area contributed by atoms with Gasteiger partial charge in [0.25, 0.3) is 5.91 Å². The number of rotatable bonds is 5. The van der Waals surface area contributed by atoms with Gasteiger partial charge in [0.1, 0.15) is 11.4 Å². The molecule has 0 radical (unpaired) electrons. The quantitative estimate of drug-likeness (QED) is 0.472. The lowest BCUT2D eigenvalue weighted by atomic mass is 10.1. The van der Waals surface area contributed by atoms with Crippen molar-refractivity contribution < 1.29 is 18.7 Å². The summed E-state index contributed by atoms with van der Waals surface area (Å²) >= 11 is 0. The van der Waals surface area contributed by atoms with Gasteiger partial charge >= 0.3 is 6.09 Å². The summed E-state index contributed by atoms with van der Waals surface area (Å²) in [4.78, 5) is 40.0. The monoisotopic (exact) mass is 519 g/mol. The number of benzene rings is 1. The molecule has 1 aliphatic rings. The molecule has 1 aliphatic heterocycles. The van der Waals surface area contributed by atoms with Gasteiger partial charge in [-0.3, -0.25) is 19.7 Å². The molecule has 4 rings (SSSR count). The molecule has 0 unspecified atom stereocenters. The summed E-state index contributed by atoms with van der Waals surface area (Å²) in [6.45, 7) is 10.3. The van der Waals surface area contributed by atoms with Gasteiger partial charge in [0, 0.05) is 51.0 Å². The van der Waals surface area contributed by atoms with Crippen molar-refractivity contribution in [3.63, 3.8) is 0 Å². The Labute approximate surface area is 223 Å². The molecule has 3 aromatic rings. The van der Waals surface area contributed by atoms with Gasteiger partial charge in [0.05, 0.1) is 28.8 Å². The number of halogens is 1. The average molecular weight is 520 g/mol. The molecule has 2 aromatic heterocycles. The van der Waals surface area contributed by atoms with Gasteiger partial charge < -0.3 is 14.5 Å². The highest BCUT2D eigenvalue weighted by Gasteiger charge is 2.30. The highest BCUT2D eigenvalue weighted by atomic mass is 19.1. The van der Waals surface area contributed by atoms with E-state index in [9.17, 15) is 14.0 Å². The first-order chi connectivity index (χ1) is 18.0. The number of piperazine rings is 1. The number of aromatic nitrogens is 2. The molecule has 0 aliphatic carbocycles. The largest absolute Gasteiger partial charge is 0.444 e. The van der Waals surface area contributed by atoms with Gasteiger partial charge in [-0.15, -0.1) is 0 Å². The van der Waals surface area contributed by atoms with Gasteiger partial charge in [0.2, 0.25) is 0 Å². The lowest BCUT2D eigenvalue weighted by Crippen LogP contribution is -2.54. The topological polar surface area (TPSA) is 78.9 Å². The average Bonchev–Trinajstić information content (AvgIpc) is 2.88. The van der Waals surface area contributed by atoms with Crippen LogP contribution in [0.15, 0.2) is 60.9 Å². The molecule has 0 spiro atoms. The molecule has 9 heteroatoms. The molecule has 38 heavy (non-hydrogen) atoms. The van der Waals surface area contributed by atoms with E-state index in [2.05, 4.69) is 14.9 Å². The first-order valence-corrected chi connectivity index (χ1v) is 12.7. The van der Waals surface area contributed by atoms with Gasteiger partial charge in [-0.1, -0.05) is 0 Å². The minimum Gasteiger partial charge on any atom is -0.444 e. The summed E-state index contributed by atoms with van der Waals surface area (Å²) in [5.74, 6) is -0.512. The Morgan fingerprint density at radius 1 is 1.03 bits per heavy atom. The Kier molecular flexibility index (Phi) is 8.06. The van der Waals surface area contributed by atoms with E-state index in [1.165, 1.54) is 23.2 Å². The minimum absolute atomic E-state index is 0.0321. The third kappa shape index (κ3) is 6.72. The van der Waals surface area contributed by atoms with Crippen LogP contribution in [-0.2, 0) is 11.3 Å². The summed E-state index contributed by atoms with van der Waals surface area (Å²) in [6, 6.07) is 13.4. The predicted octanol–water partition coefficient (Wildman–Crippen LogP) is 5.00. The summed E-state index contributed by atoms with van der Waals surface area (Å²) in [5.41, 5.74) is 2.93. The fourth-order valence-electron chi connectivity index (χ4n) is 4.33. The maximum atomic E-state index is 13.2. The summed E-state index contributed by atoms with van der Waals surface area (Å²) < 4.78 is 18.7. The molecule has 1 aromatic carbocycles. The van der Waals surface area contributed by atoms with Crippen molar-refractivity contribution in [1.82, 2.24) is 19.8 Å². The van der Waals surface area contributed by atoms with E-state index < -0.39 is 5.60 Å². The maximum absolute atomic E-state index is 13.2. The first-order valence-electron chi connectivity index (χ1n) is 12.7. The van der Waals surface area contributed by atoms with Crippen LogP contribution >= 0.6 is 0 Å². The summed E-state index contributed by atoms with van der Waals surface area (Å²) in [5, 5.41) is 0. The maximum Gasteiger partial charge on any atom is 0.410 e. The van der Waals surface area contributed by atoms with E-state index in [0.29, 0.717) is 30.0 Å². The third-order valence-corrected chi connectivity index (χ3v) is 6.38. The van der Waals surface area contributed by atoms with Crippen LogP contribution in [0.1, 0.15) is 43.7 Å². The van der Waals surface area contributed by atoms with Crippen molar-refractivity contribution in [2.45, 2.75) is 45.9 Å². The van der Waals surface area contributed by atoms with E-state index in [0.717, 1.165) is 24.3 Å². The first kappa shape index (κ1) is 27.2. The summed E-state index contributed by atoms with van der Waals surface area (Å²) in [6.07, 6.45) is 2.94. The molecule has 0 N–H and O–H groups in total. The van der Waals surface area contributed by atoms with E-state index in [-0.39, 0.29) is 23.9 Å². The SMILES string of the molecule is C[C@H]1CN(Cc2ccc(N(C)C(=O)c3ccc(-c4ccc(F)cc4)nc3)cn2)CCN1C(=O)OC(C)(C)C. The van der Waals surface area contributed by atoms with Crippen molar-refractivity contribution in [2.24, 2.45) is 0 Å². The number of carbonyl (C=O) groups excluding carboxylic acids is 2. The molecular formula is C29H34FN5O3. The van der Waals surface area contributed by atoms with Crippen LogP contribution < -0.4 is 4.90 Å². The second-order valence-electron chi connectivity index (χ2n) is 10.6. The predicted molar refractivity (Wildman–Crippen MR) is 144 cm³/mol. The third-order valence-electron chi connectivity index (χ3n) is 6.38. The van der Waals surface area contributed by atoms with Crippen molar-refractivity contribution in [3.8, 4) is 11.3 Å². The Hall–Kier alpha value is -3.85. The van der Waals surface area contributed by atoms with E-state index >= 15 is 0 Å². The number of pyridine rings is 2. The highest BCUT2D eigenvalue weighted by molar-refractivity contribution is 6.05. The standard InChI is InChI=1S/C29H34FN5O3/c1-20-18-34(14-15-35(20)28(37)38-29(2,3)4)19-24-11-12-25(17-31-24)33(5)27(36)22-8-13-26(32-16-22)21-6-9-23(30)10-7-21/h6-13,16-17,20H,14-15,18-19H2,1-5H3/t20-/m0/s1. The minimum atomic E-state index is -0.516. The van der Waals surface area contributed by atoms with Crippen LogP contribution in [0, 0.1) is 5.82 Å². The number of ether oxygens (including phenoxy) is 1. The van der Waals surface area contributed by atoms with Gasteiger partial charge in [-0.25, -0.2) is 9.18 Å². The molecule has 200 valence electrons. The van der Waals surface area contributed by atoms with Crippen molar-refractivity contribution in [3.05, 3.63) is 78.0 Å². The molecule has 1 fully saturated rings. The van der Waals surface area contributed by atoms with E-state index in [1.807, 2.05) is 39.8 Å². The molecule has 8 nitrogen and oxygen atoms in total. The normalized spacial score (nSPS) is 16.3. The lowest BCUT2D eigenvalue weighted by Gasteiger charge is -2.40. The van der Waals surface area contributed by atoms with Crippen LogP contribution in [0.4, 0.5) is 14.9 Å². The van der Waals surface area contributed by atoms with Crippen LogP contribution in [-0.4, -0.2) is 70.1 Å². The van der Waals surface area contributed by atoms with Crippen LogP contribution in [0.3, 0.4) is 0 Å². The van der Waals surface area contributed by atoms with Gasteiger partial charge in [-0.2, -0.15) is 0 Å². The smallest absolute Gasteiger partial charge is 0.410 e. The molecule has 0 bridgehead atoms. The Morgan fingerprint density at radius 2 is 1.76 bits per heavy atom. The second-order valence-corrected chi connectivity index (χ2v) is 10.6. The Balaban J connectivity index is 1.33. The zero-order valence-electron chi connectivity index (χ0n) is 22.5. The van der Waals surface area contributed by atoms with Crippen molar-refractivity contribution in [1.29, 1.82) is 0 Å². The zero-order chi connectivity index (χ0) is 27.4. The Bertz CT molecular complexity index is 1260. The Morgan fingerprint density at radius 3 is 2.34 bits per heavy atom. The van der Waals surface area contributed by atoms with Gasteiger partial charge in [-0.05, 0) is 76.2 Å². The van der Waals surface area contributed by atoms with Crippen LogP contribution in [0.25, 0.3) is 11.3 Å². The summed E-state index contributed by atoms with van der Waals surface area (Å²) in [7, 11) is 1.70. The zero-order valence-corrected chi connectivity index (χ0v) is 22.5. The van der Waals surface area contributed by atoms with E-state index in [1.54, 1.807) is 42.4 Å². The number of carbonyl (C=O) groups is 2. The van der Waals surface area contributed by atoms with Gasteiger partial charge in [0.15, 0.2) is 0 Å². The number of hydrogen-bond acceptors (Lipinski definition) is 6. The number of amides is 2. The molecule has 1 atom stereocenters. The van der Waals surface area contributed by atoms with Crippen LogP contribution in [0.5, 0.6) is 0 Å². The highest BCUT2D eigenvalue weighted by Crippen LogP contribution is 2.21. The molecule has 0 saturated carbocycles. The molecule has 3 heterocycles. The number of nitrogens with zero attached hydrogens (tertiary/aromatic N) is 5. The fraction of sp³-hybridized carbons (Fsp3) is 0.379. The number of anilines is 1. The molecule has 1 saturated heterocycles. The second kappa shape index (κ2) is 11.3. The molecule has 2 amide bonds. The number of hydrogen-bond donors (Lipinski definition) is 0. The van der Waals surface area contributed by atoms with Crippen LogP contribution in [0.2, 0.25) is 0 Å². The van der Waals surface area contributed by atoms with E-state index in [4.69, 9.17) is 4.74 Å². The molecular weight excluding hydrogens is 485 g/mol. The van der Waals surface area contributed by atoms with Crippen molar-refractivity contribution >= 4 is 17.7 Å². The fourth-order valence-corrected chi connectivity index (χ4v) is 4.33.